The summed E-state index contributed by atoms with van der Waals surface area (Å²) in [5.41, 5.74) is 1.77. The number of hydrogen-bond donors (Lipinski definition) is 2. The van der Waals surface area contributed by atoms with Crippen molar-refractivity contribution in [3.63, 3.8) is 0 Å². The second kappa shape index (κ2) is 6.34. The Morgan fingerprint density at radius 3 is 2.67 bits per heavy atom. The number of aryl methyl sites for hydroxylation is 2. The zero-order valence-corrected chi connectivity index (χ0v) is 12.7. The van der Waals surface area contributed by atoms with Crippen molar-refractivity contribution in [1.82, 2.24) is 5.32 Å². The van der Waals surface area contributed by atoms with E-state index >= 15 is 0 Å². The minimum Gasteiger partial charge on any atom is -0.394 e. The molecule has 0 aliphatic carbocycles. The summed E-state index contributed by atoms with van der Waals surface area (Å²) >= 11 is 3.45. The molecule has 1 rings (SSSR count). The minimum atomic E-state index is -0.549. The molecule has 0 spiro atoms. The molecular weight excluding hydrogens is 294 g/mol. The van der Waals surface area contributed by atoms with Crippen molar-refractivity contribution in [2.45, 2.75) is 39.2 Å². The third-order valence-corrected chi connectivity index (χ3v) is 3.63. The van der Waals surface area contributed by atoms with Crippen molar-refractivity contribution in [1.29, 1.82) is 0 Å². The van der Waals surface area contributed by atoms with Crippen LogP contribution in [0.3, 0.4) is 0 Å². The highest BCUT2D eigenvalue weighted by Gasteiger charge is 2.18. The lowest BCUT2D eigenvalue weighted by Crippen LogP contribution is -2.46. The van der Waals surface area contributed by atoms with Gasteiger partial charge in [0.25, 0.3) is 0 Å². The van der Waals surface area contributed by atoms with E-state index in [0.717, 1.165) is 10.0 Å². The number of aliphatic hydroxyl groups is 1. The Morgan fingerprint density at radius 1 is 1.44 bits per heavy atom. The molecule has 3 nitrogen and oxygen atoms in total. The largest absolute Gasteiger partial charge is 0.394 e. The molecule has 0 aliphatic rings. The van der Waals surface area contributed by atoms with Gasteiger partial charge in [0.1, 0.15) is 0 Å². The topological polar surface area (TPSA) is 49.3 Å². The fourth-order valence-electron chi connectivity index (χ4n) is 1.60. The van der Waals surface area contributed by atoms with Crippen molar-refractivity contribution in [3.8, 4) is 0 Å². The first-order valence-electron chi connectivity index (χ1n) is 6.01. The number of amides is 1. The molecule has 1 aromatic carbocycles. The lowest BCUT2D eigenvalue weighted by molar-refractivity contribution is -0.123. The standard InChI is InChI=1S/C14H20BrNO2/c1-10-8-11(4-6-12(10)15)5-7-13(18)16-14(2,3)9-17/h4,6,8,17H,5,7,9H2,1-3H3,(H,16,18). The molecule has 0 unspecified atom stereocenters. The molecule has 0 radical (unpaired) electrons. The van der Waals surface area contributed by atoms with Crippen LogP contribution in [0.15, 0.2) is 22.7 Å². The number of benzene rings is 1. The summed E-state index contributed by atoms with van der Waals surface area (Å²) < 4.78 is 1.08. The summed E-state index contributed by atoms with van der Waals surface area (Å²) in [5, 5.41) is 11.9. The fraction of sp³-hybridized carbons (Fsp3) is 0.500. The average Bonchev–Trinajstić information content (AvgIpc) is 2.30. The lowest BCUT2D eigenvalue weighted by atomic mass is 10.0. The van der Waals surface area contributed by atoms with Gasteiger partial charge in [-0.1, -0.05) is 28.1 Å². The van der Waals surface area contributed by atoms with Crippen LogP contribution in [0.4, 0.5) is 0 Å². The van der Waals surface area contributed by atoms with Crippen LogP contribution in [0.25, 0.3) is 0 Å². The van der Waals surface area contributed by atoms with E-state index in [1.807, 2.05) is 19.1 Å². The fourth-order valence-corrected chi connectivity index (χ4v) is 1.85. The van der Waals surface area contributed by atoms with E-state index < -0.39 is 5.54 Å². The highest BCUT2D eigenvalue weighted by atomic mass is 79.9. The van der Waals surface area contributed by atoms with Crippen LogP contribution in [-0.4, -0.2) is 23.2 Å². The predicted octanol–water partition coefficient (Wildman–Crippen LogP) is 2.58. The monoisotopic (exact) mass is 313 g/mol. The van der Waals surface area contributed by atoms with Gasteiger partial charge in [-0.25, -0.2) is 0 Å². The average molecular weight is 314 g/mol. The highest BCUT2D eigenvalue weighted by Crippen LogP contribution is 2.18. The van der Waals surface area contributed by atoms with Gasteiger partial charge in [0, 0.05) is 10.9 Å². The first kappa shape index (κ1) is 15.2. The van der Waals surface area contributed by atoms with Gasteiger partial charge >= 0.3 is 0 Å². The van der Waals surface area contributed by atoms with Crippen LogP contribution in [0.1, 0.15) is 31.4 Å². The van der Waals surface area contributed by atoms with E-state index in [-0.39, 0.29) is 12.5 Å². The zero-order valence-electron chi connectivity index (χ0n) is 11.1. The Kier molecular flexibility index (Phi) is 5.35. The van der Waals surface area contributed by atoms with Crippen molar-refractivity contribution in [3.05, 3.63) is 33.8 Å². The maximum atomic E-state index is 11.7. The summed E-state index contributed by atoms with van der Waals surface area (Å²) in [6.07, 6.45) is 1.14. The van der Waals surface area contributed by atoms with E-state index in [0.29, 0.717) is 12.8 Å². The molecule has 0 aliphatic heterocycles. The molecular formula is C14H20BrNO2. The van der Waals surface area contributed by atoms with Gasteiger partial charge in [0.05, 0.1) is 12.1 Å². The van der Waals surface area contributed by atoms with E-state index in [9.17, 15) is 4.79 Å². The first-order valence-corrected chi connectivity index (χ1v) is 6.80. The molecule has 0 saturated carbocycles. The number of rotatable bonds is 5. The van der Waals surface area contributed by atoms with Gasteiger partial charge in [-0.15, -0.1) is 0 Å². The molecule has 1 aromatic rings. The van der Waals surface area contributed by atoms with Crippen LogP contribution in [0.5, 0.6) is 0 Å². The van der Waals surface area contributed by atoms with Crippen molar-refractivity contribution >= 4 is 21.8 Å². The highest BCUT2D eigenvalue weighted by molar-refractivity contribution is 9.10. The van der Waals surface area contributed by atoms with Crippen LogP contribution in [0, 0.1) is 6.92 Å². The molecule has 18 heavy (non-hydrogen) atoms. The van der Waals surface area contributed by atoms with Crippen molar-refractivity contribution < 1.29 is 9.90 Å². The number of carbonyl (C=O) groups excluding carboxylic acids is 1. The second-order valence-corrected chi connectivity index (χ2v) is 6.03. The Hall–Kier alpha value is -0.870. The van der Waals surface area contributed by atoms with Gasteiger partial charge in [-0.3, -0.25) is 4.79 Å². The quantitative estimate of drug-likeness (QED) is 0.877. The molecule has 0 atom stereocenters. The van der Waals surface area contributed by atoms with Crippen molar-refractivity contribution in [2.24, 2.45) is 0 Å². The lowest BCUT2D eigenvalue weighted by Gasteiger charge is -2.23. The van der Waals surface area contributed by atoms with E-state index in [1.165, 1.54) is 5.56 Å². The Bertz CT molecular complexity index is 430. The minimum absolute atomic E-state index is 0.0328. The second-order valence-electron chi connectivity index (χ2n) is 5.17. The number of carbonyl (C=O) groups is 1. The summed E-state index contributed by atoms with van der Waals surface area (Å²) in [6.45, 7) is 5.57. The van der Waals surface area contributed by atoms with Crippen molar-refractivity contribution in [2.75, 3.05) is 6.61 Å². The number of hydrogen-bond acceptors (Lipinski definition) is 2. The molecule has 100 valence electrons. The third-order valence-electron chi connectivity index (χ3n) is 2.74. The summed E-state index contributed by atoms with van der Waals surface area (Å²) in [5.74, 6) is -0.0328. The van der Waals surface area contributed by atoms with Crippen LogP contribution in [0.2, 0.25) is 0 Å². The van der Waals surface area contributed by atoms with Crippen LogP contribution >= 0.6 is 15.9 Å². The van der Waals surface area contributed by atoms with Gasteiger partial charge in [0.2, 0.25) is 5.91 Å². The number of halogens is 1. The van der Waals surface area contributed by atoms with Gasteiger partial charge in [-0.2, -0.15) is 0 Å². The predicted molar refractivity (Wildman–Crippen MR) is 76.5 cm³/mol. The molecule has 4 heteroatoms. The van der Waals surface area contributed by atoms with E-state index in [1.54, 1.807) is 13.8 Å². The van der Waals surface area contributed by atoms with Gasteiger partial charge < -0.3 is 10.4 Å². The zero-order chi connectivity index (χ0) is 13.8. The molecule has 0 bridgehead atoms. The first-order chi connectivity index (χ1) is 8.34. The summed E-state index contributed by atoms with van der Waals surface area (Å²) in [6, 6.07) is 6.09. The van der Waals surface area contributed by atoms with Crippen LogP contribution < -0.4 is 5.32 Å². The molecule has 1 amide bonds. The summed E-state index contributed by atoms with van der Waals surface area (Å²) in [7, 11) is 0. The summed E-state index contributed by atoms with van der Waals surface area (Å²) in [4.78, 5) is 11.7. The molecule has 2 N–H and O–H groups in total. The number of aliphatic hydroxyl groups excluding tert-OH is 1. The molecule has 0 saturated heterocycles. The van der Waals surface area contributed by atoms with E-state index in [4.69, 9.17) is 5.11 Å². The molecule has 0 aromatic heterocycles. The Morgan fingerprint density at radius 2 is 2.11 bits per heavy atom. The maximum Gasteiger partial charge on any atom is 0.220 e. The Balaban J connectivity index is 2.50. The smallest absolute Gasteiger partial charge is 0.220 e. The third kappa shape index (κ3) is 4.78. The van der Waals surface area contributed by atoms with Gasteiger partial charge in [0.15, 0.2) is 0 Å². The molecule has 0 heterocycles. The van der Waals surface area contributed by atoms with Gasteiger partial charge in [-0.05, 0) is 44.4 Å². The normalized spacial score (nSPS) is 11.4. The maximum absolute atomic E-state index is 11.7. The van der Waals surface area contributed by atoms with E-state index in [2.05, 4.69) is 27.3 Å². The number of nitrogens with one attached hydrogen (secondary N) is 1. The Labute approximate surface area is 117 Å². The SMILES string of the molecule is Cc1cc(CCC(=O)NC(C)(C)CO)ccc1Br. The molecule has 0 fully saturated rings. The van der Waals surface area contributed by atoms with Crippen LogP contribution in [-0.2, 0) is 11.2 Å².